The Morgan fingerprint density at radius 3 is 2.57 bits per heavy atom. The number of amides is 1. The molecule has 0 radical (unpaired) electrons. The average molecular weight is 335 g/mol. The summed E-state index contributed by atoms with van der Waals surface area (Å²) in [6.45, 7) is 8.38. The summed E-state index contributed by atoms with van der Waals surface area (Å²) in [5.74, 6) is 0.0783. The lowest BCUT2D eigenvalue weighted by Gasteiger charge is -2.13. The van der Waals surface area contributed by atoms with Crippen LogP contribution >= 0.6 is 11.6 Å². The Morgan fingerprint density at radius 2 is 1.96 bits per heavy atom. The fraction of sp³-hybridized carbons (Fsp3) is 0.412. The van der Waals surface area contributed by atoms with E-state index in [1.165, 1.54) is 0 Å². The molecule has 0 aliphatic carbocycles. The number of carbonyl (C=O) groups is 1. The minimum absolute atomic E-state index is 0.0909. The molecule has 6 heteroatoms. The molecule has 0 bridgehead atoms. The summed E-state index contributed by atoms with van der Waals surface area (Å²) in [4.78, 5) is 12.4. The van der Waals surface area contributed by atoms with Gasteiger partial charge in [-0.1, -0.05) is 32.4 Å². The van der Waals surface area contributed by atoms with Crippen LogP contribution in [0.15, 0.2) is 30.5 Å². The maximum atomic E-state index is 12.4. The summed E-state index contributed by atoms with van der Waals surface area (Å²) in [6, 6.07) is 7.43. The predicted octanol–water partition coefficient (Wildman–Crippen LogP) is 2.99. The van der Waals surface area contributed by atoms with Gasteiger partial charge in [-0.2, -0.15) is 5.10 Å². The third kappa shape index (κ3) is 4.33. The lowest BCUT2D eigenvalue weighted by atomic mass is 10.1. The van der Waals surface area contributed by atoms with Crippen molar-refractivity contribution in [2.45, 2.75) is 26.7 Å². The lowest BCUT2D eigenvalue weighted by Crippen LogP contribution is -2.32. The molecule has 1 aromatic carbocycles. The zero-order valence-corrected chi connectivity index (χ0v) is 14.5. The molecule has 0 aliphatic rings. The second-order valence-corrected chi connectivity index (χ2v) is 6.03. The van der Waals surface area contributed by atoms with E-state index in [1.54, 1.807) is 10.9 Å². The van der Waals surface area contributed by atoms with E-state index in [2.05, 4.69) is 29.6 Å². The first-order valence-corrected chi connectivity index (χ1v) is 8.25. The van der Waals surface area contributed by atoms with Crippen LogP contribution in [0.2, 0.25) is 5.02 Å². The highest BCUT2D eigenvalue weighted by Gasteiger charge is 2.20. The highest BCUT2D eigenvalue weighted by Crippen LogP contribution is 2.23. The molecule has 1 amide bonds. The van der Waals surface area contributed by atoms with Crippen LogP contribution in [-0.4, -0.2) is 35.3 Å². The topological polar surface area (TPSA) is 58.9 Å². The molecule has 1 aromatic heterocycles. The third-order valence-electron chi connectivity index (χ3n) is 3.51. The number of rotatable bonds is 7. The van der Waals surface area contributed by atoms with Crippen LogP contribution in [0.25, 0.3) is 5.69 Å². The number of hydrogen-bond donors (Lipinski definition) is 2. The van der Waals surface area contributed by atoms with E-state index in [0.29, 0.717) is 17.1 Å². The monoisotopic (exact) mass is 334 g/mol. The minimum Gasteiger partial charge on any atom is -0.351 e. The second kappa shape index (κ2) is 8.13. The van der Waals surface area contributed by atoms with E-state index in [9.17, 15) is 4.79 Å². The summed E-state index contributed by atoms with van der Waals surface area (Å²) in [6.07, 6.45) is 1.63. The number of nitrogens with zero attached hydrogens (tertiary/aromatic N) is 2. The van der Waals surface area contributed by atoms with Gasteiger partial charge in [0.05, 0.1) is 23.1 Å². The SMILES string of the molecule is CCNCCNC(=O)c1cnn(-c2ccc(Cl)cc2)c1C(C)C. The Morgan fingerprint density at radius 1 is 1.26 bits per heavy atom. The molecular weight excluding hydrogens is 312 g/mol. The van der Waals surface area contributed by atoms with Crippen LogP contribution in [-0.2, 0) is 0 Å². The number of hydrogen-bond acceptors (Lipinski definition) is 3. The van der Waals surface area contributed by atoms with Gasteiger partial charge in [-0.3, -0.25) is 4.79 Å². The summed E-state index contributed by atoms with van der Waals surface area (Å²) < 4.78 is 1.81. The first-order chi connectivity index (χ1) is 11.0. The summed E-state index contributed by atoms with van der Waals surface area (Å²) in [5, 5.41) is 11.2. The van der Waals surface area contributed by atoms with E-state index < -0.39 is 0 Å². The molecule has 0 unspecified atom stereocenters. The first kappa shape index (κ1) is 17.5. The number of nitrogens with one attached hydrogen (secondary N) is 2. The van der Waals surface area contributed by atoms with Crippen LogP contribution in [0.4, 0.5) is 0 Å². The number of benzene rings is 1. The van der Waals surface area contributed by atoms with Crippen molar-refractivity contribution in [3.8, 4) is 5.69 Å². The number of aromatic nitrogens is 2. The van der Waals surface area contributed by atoms with Gasteiger partial charge in [0.15, 0.2) is 0 Å². The molecule has 0 aliphatic heterocycles. The molecule has 0 spiro atoms. The molecule has 2 N–H and O–H groups in total. The van der Waals surface area contributed by atoms with Gasteiger partial charge >= 0.3 is 0 Å². The zero-order valence-electron chi connectivity index (χ0n) is 13.8. The smallest absolute Gasteiger partial charge is 0.254 e. The maximum absolute atomic E-state index is 12.4. The Kier molecular flexibility index (Phi) is 6.19. The first-order valence-electron chi connectivity index (χ1n) is 7.87. The number of halogens is 1. The molecule has 23 heavy (non-hydrogen) atoms. The van der Waals surface area contributed by atoms with E-state index in [-0.39, 0.29) is 11.8 Å². The predicted molar refractivity (Wildman–Crippen MR) is 93.5 cm³/mol. The molecule has 2 aromatic rings. The summed E-state index contributed by atoms with van der Waals surface area (Å²) >= 11 is 5.94. The Balaban J connectivity index is 2.24. The van der Waals surface area contributed by atoms with Gasteiger partial charge in [-0.05, 0) is 36.7 Å². The third-order valence-corrected chi connectivity index (χ3v) is 3.76. The molecule has 1 heterocycles. The molecule has 2 rings (SSSR count). The minimum atomic E-state index is -0.0909. The summed E-state index contributed by atoms with van der Waals surface area (Å²) in [5.41, 5.74) is 2.41. The van der Waals surface area contributed by atoms with Gasteiger partial charge in [-0.25, -0.2) is 4.68 Å². The van der Waals surface area contributed by atoms with Crippen LogP contribution in [0.3, 0.4) is 0 Å². The summed E-state index contributed by atoms with van der Waals surface area (Å²) in [7, 11) is 0. The largest absolute Gasteiger partial charge is 0.351 e. The quantitative estimate of drug-likeness (QED) is 0.765. The van der Waals surface area contributed by atoms with Crippen molar-refractivity contribution in [2.75, 3.05) is 19.6 Å². The van der Waals surface area contributed by atoms with E-state index >= 15 is 0 Å². The highest BCUT2D eigenvalue weighted by molar-refractivity contribution is 6.30. The van der Waals surface area contributed by atoms with Gasteiger partial charge in [0.2, 0.25) is 0 Å². The van der Waals surface area contributed by atoms with E-state index in [1.807, 2.05) is 31.2 Å². The number of carbonyl (C=O) groups excluding carboxylic acids is 1. The normalized spacial score (nSPS) is 11.0. The van der Waals surface area contributed by atoms with Gasteiger partial charge < -0.3 is 10.6 Å². The highest BCUT2D eigenvalue weighted by atomic mass is 35.5. The Labute approximate surface area is 142 Å². The Hall–Kier alpha value is -1.85. The molecule has 0 saturated heterocycles. The molecular formula is C17H23ClN4O. The molecule has 0 fully saturated rings. The van der Waals surface area contributed by atoms with Gasteiger partial charge in [0.1, 0.15) is 0 Å². The average Bonchev–Trinajstić information content (AvgIpc) is 2.97. The van der Waals surface area contributed by atoms with Crippen LogP contribution in [0.5, 0.6) is 0 Å². The molecule has 0 atom stereocenters. The van der Waals surface area contributed by atoms with Crippen molar-refractivity contribution in [3.63, 3.8) is 0 Å². The van der Waals surface area contributed by atoms with Gasteiger partial charge in [0.25, 0.3) is 5.91 Å². The van der Waals surface area contributed by atoms with Crippen molar-refractivity contribution >= 4 is 17.5 Å². The molecule has 5 nitrogen and oxygen atoms in total. The van der Waals surface area contributed by atoms with Crippen molar-refractivity contribution in [1.29, 1.82) is 0 Å². The zero-order chi connectivity index (χ0) is 16.8. The number of likely N-dealkylation sites (N-methyl/N-ethyl adjacent to an activating group) is 1. The van der Waals surface area contributed by atoms with Crippen LogP contribution in [0, 0.1) is 0 Å². The van der Waals surface area contributed by atoms with Crippen LogP contribution in [0.1, 0.15) is 42.7 Å². The van der Waals surface area contributed by atoms with Crippen molar-refractivity contribution in [1.82, 2.24) is 20.4 Å². The van der Waals surface area contributed by atoms with Gasteiger partial charge in [0, 0.05) is 18.1 Å². The van der Waals surface area contributed by atoms with Crippen LogP contribution < -0.4 is 10.6 Å². The molecule has 124 valence electrons. The molecule has 0 saturated carbocycles. The lowest BCUT2D eigenvalue weighted by molar-refractivity contribution is 0.0952. The van der Waals surface area contributed by atoms with Crippen molar-refractivity contribution in [3.05, 3.63) is 46.7 Å². The maximum Gasteiger partial charge on any atom is 0.254 e. The van der Waals surface area contributed by atoms with E-state index in [4.69, 9.17) is 11.6 Å². The standard InChI is InChI=1S/C17H23ClN4O/c1-4-19-9-10-20-17(23)15-11-21-22(16(15)12(2)3)14-7-5-13(18)6-8-14/h5-8,11-12,19H,4,9-10H2,1-3H3,(H,20,23). The Bertz CT molecular complexity index is 649. The van der Waals surface area contributed by atoms with Gasteiger partial charge in [-0.15, -0.1) is 0 Å². The van der Waals surface area contributed by atoms with Crippen molar-refractivity contribution < 1.29 is 4.79 Å². The fourth-order valence-electron chi connectivity index (χ4n) is 2.41. The fourth-order valence-corrected chi connectivity index (χ4v) is 2.54. The van der Waals surface area contributed by atoms with Crippen molar-refractivity contribution in [2.24, 2.45) is 0 Å². The van der Waals surface area contributed by atoms with E-state index in [0.717, 1.165) is 24.5 Å². The second-order valence-electron chi connectivity index (χ2n) is 5.60.